The number of carbonyl (C=O) groups is 2. The largest absolute Gasteiger partial charge is 0.489 e. The Bertz CT molecular complexity index is 1180. The van der Waals surface area contributed by atoms with Crippen LogP contribution in [0.2, 0.25) is 5.02 Å². The van der Waals surface area contributed by atoms with E-state index in [-0.39, 0.29) is 28.7 Å². The fraction of sp³-hybridized carbons (Fsp3) is 0.0833. The first-order valence-electron chi connectivity index (χ1n) is 9.28. The van der Waals surface area contributed by atoms with Gasteiger partial charge in [0.2, 0.25) is 5.78 Å². The van der Waals surface area contributed by atoms with Gasteiger partial charge in [0.15, 0.2) is 5.76 Å². The second kappa shape index (κ2) is 8.62. The van der Waals surface area contributed by atoms with Gasteiger partial charge in [-0.1, -0.05) is 29.8 Å². The molecule has 1 heterocycles. The SMILES string of the molecule is COC(=O)c1ccc(C=C2Oc3cc(OCc4c(F)cccc4Cl)ccc3C2=O)cc1. The number of rotatable bonds is 5. The van der Waals surface area contributed by atoms with E-state index in [4.69, 9.17) is 21.1 Å². The first kappa shape index (κ1) is 20.6. The number of ketones is 1. The van der Waals surface area contributed by atoms with E-state index < -0.39 is 11.8 Å². The van der Waals surface area contributed by atoms with Crippen molar-refractivity contribution in [2.75, 3.05) is 7.11 Å². The molecule has 7 heteroatoms. The van der Waals surface area contributed by atoms with Crippen LogP contribution in [0.25, 0.3) is 6.08 Å². The normalized spacial score (nSPS) is 13.6. The molecule has 0 unspecified atom stereocenters. The Kier molecular flexibility index (Phi) is 5.73. The van der Waals surface area contributed by atoms with Gasteiger partial charge in [-0.3, -0.25) is 4.79 Å². The second-order valence-corrected chi connectivity index (χ2v) is 7.11. The summed E-state index contributed by atoms with van der Waals surface area (Å²) < 4.78 is 29.9. The number of halogens is 2. The number of fused-ring (bicyclic) bond motifs is 1. The molecule has 0 radical (unpaired) electrons. The number of Topliss-reactive ketones (excluding diaryl/α,β-unsaturated/α-hetero) is 1. The van der Waals surface area contributed by atoms with Crippen LogP contribution >= 0.6 is 11.6 Å². The first-order chi connectivity index (χ1) is 15.0. The molecule has 1 aliphatic heterocycles. The fourth-order valence-corrected chi connectivity index (χ4v) is 3.28. The van der Waals surface area contributed by atoms with Gasteiger partial charge in [-0.05, 0) is 48.0 Å². The number of benzene rings is 3. The zero-order valence-corrected chi connectivity index (χ0v) is 17.1. The predicted molar refractivity (Wildman–Crippen MR) is 113 cm³/mol. The van der Waals surface area contributed by atoms with Gasteiger partial charge in [0, 0.05) is 11.6 Å². The highest BCUT2D eigenvalue weighted by atomic mass is 35.5. The summed E-state index contributed by atoms with van der Waals surface area (Å²) in [4.78, 5) is 24.2. The number of hydrogen-bond donors (Lipinski definition) is 0. The highest BCUT2D eigenvalue weighted by Gasteiger charge is 2.27. The molecule has 0 amide bonds. The van der Waals surface area contributed by atoms with Gasteiger partial charge in [-0.2, -0.15) is 0 Å². The van der Waals surface area contributed by atoms with E-state index in [1.54, 1.807) is 54.6 Å². The van der Waals surface area contributed by atoms with E-state index in [2.05, 4.69) is 4.74 Å². The molecule has 3 aromatic carbocycles. The van der Waals surface area contributed by atoms with E-state index in [1.165, 1.54) is 19.2 Å². The van der Waals surface area contributed by atoms with Gasteiger partial charge >= 0.3 is 5.97 Å². The molecular formula is C24H16ClFO5. The fourth-order valence-electron chi connectivity index (χ4n) is 3.07. The second-order valence-electron chi connectivity index (χ2n) is 6.70. The van der Waals surface area contributed by atoms with Crippen molar-refractivity contribution in [2.45, 2.75) is 6.61 Å². The number of hydrogen-bond acceptors (Lipinski definition) is 5. The van der Waals surface area contributed by atoms with Gasteiger partial charge in [0.1, 0.15) is 23.9 Å². The van der Waals surface area contributed by atoms with Crippen LogP contribution in [0.3, 0.4) is 0 Å². The van der Waals surface area contributed by atoms with Crippen LogP contribution in [0.5, 0.6) is 11.5 Å². The predicted octanol–water partition coefficient (Wildman–Crippen LogP) is 5.46. The van der Waals surface area contributed by atoms with Crippen LogP contribution in [0.15, 0.2) is 66.4 Å². The van der Waals surface area contributed by atoms with Crippen molar-refractivity contribution in [3.8, 4) is 11.5 Å². The van der Waals surface area contributed by atoms with Crippen molar-refractivity contribution in [3.05, 3.63) is 99.5 Å². The third kappa shape index (κ3) is 4.29. The summed E-state index contributed by atoms with van der Waals surface area (Å²) >= 11 is 6.02. The molecule has 156 valence electrons. The minimum absolute atomic E-state index is 0.0620. The van der Waals surface area contributed by atoms with E-state index in [0.29, 0.717) is 28.2 Å². The minimum Gasteiger partial charge on any atom is -0.489 e. The summed E-state index contributed by atoms with van der Waals surface area (Å²) in [7, 11) is 1.31. The summed E-state index contributed by atoms with van der Waals surface area (Å²) in [6.45, 7) is -0.0620. The number of carbonyl (C=O) groups excluding carboxylic acids is 2. The van der Waals surface area contributed by atoms with Crippen LogP contribution in [0.1, 0.15) is 31.8 Å². The average molecular weight is 439 g/mol. The van der Waals surface area contributed by atoms with Crippen LogP contribution in [0, 0.1) is 5.82 Å². The molecular weight excluding hydrogens is 423 g/mol. The maximum absolute atomic E-state index is 13.9. The zero-order chi connectivity index (χ0) is 22.0. The summed E-state index contributed by atoms with van der Waals surface area (Å²) in [6.07, 6.45) is 1.59. The van der Waals surface area contributed by atoms with E-state index in [0.717, 1.165) is 0 Å². The van der Waals surface area contributed by atoms with Crippen molar-refractivity contribution in [2.24, 2.45) is 0 Å². The molecule has 0 saturated carbocycles. The Hall–Kier alpha value is -3.64. The van der Waals surface area contributed by atoms with Crippen LogP contribution in [-0.2, 0) is 11.3 Å². The third-order valence-electron chi connectivity index (χ3n) is 4.72. The summed E-state index contributed by atoms with van der Waals surface area (Å²) in [5.74, 6) is -0.257. The molecule has 1 aliphatic rings. The topological polar surface area (TPSA) is 61.8 Å². The minimum atomic E-state index is -0.455. The Balaban J connectivity index is 1.50. The summed E-state index contributed by atoms with van der Waals surface area (Å²) in [5.41, 5.74) is 1.74. The van der Waals surface area contributed by atoms with Crippen molar-refractivity contribution in [3.63, 3.8) is 0 Å². The smallest absolute Gasteiger partial charge is 0.337 e. The Labute approximate surface area is 182 Å². The van der Waals surface area contributed by atoms with Crippen LogP contribution in [0.4, 0.5) is 4.39 Å². The molecule has 0 saturated heterocycles. The molecule has 0 fully saturated rings. The molecule has 0 bridgehead atoms. The van der Waals surface area contributed by atoms with Crippen LogP contribution < -0.4 is 9.47 Å². The zero-order valence-electron chi connectivity index (χ0n) is 16.4. The quantitative estimate of drug-likeness (QED) is 0.391. The Morgan fingerprint density at radius 1 is 1.13 bits per heavy atom. The third-order valence-corrected chi connectivity index (χ3v) is 5.07. The monoisotopic (exact) mass is 438 g/mol. The van der Waals surface area contributed by atoms with Crippen molar-refractivity contribution in [1.82, 2.24) is 0 Å². The number of esters is 1. The van der Waals surface area contributed by atoms with Crippen molar-refractivity contribution < 1.29 is 28.2 Å². The molecule has 4 rings (SSSR count). The molecule has 5 nitrogen and oxygen atoms in total. The van der Waals surface area contributed by atoms with Crippen molar-refractivity contribution in [1.29, 1.82) is 0 Å². The lowest BCUT2D eigenvalue weighted by molar-refractivity contribution is 0.0600. The number of methoxy groups -OCH3 is 1. The lowest BCUT2D eigenvalue weighted by atomic mass is 10.1. The van der Waals surface area contributed by atoms with E-state index in [1.807, 2.05) is 0 Å². The molecule has 3 aromatic rings. The van der Waals surface area contributed by atoms with Crippen molar-refractivity contribution >= 4 is 29.4 Å². The average Bonchev–Trinajstić information content (AvgIpc) is 3.08. The van der Waals surface area contributed by atoms with E-state index >= 15 is 0 Å². The van der Waals surface area contributed by atoms with Gasteiger partial charge in [0.05, 0.1) is 23.3 Å². The molecule has 0 atom stereocenters. The maximum Gasteiger partial charge on any atom is 0.337 e. The number of ether oxygens (including phenoxy) is 3. The summed E-state index contributed by atoms with van der Waals surface area (Å²) in [5, 5.41) is 0.274. The van der Waals surface area contributed by atoms with Gasteiger partial charge < -0.3 is 14.2 Å². The number of allylic oxidation sites excluding steroid dienone is 1. The standard InChI is InChI=1S/C24H16ClFO5/c1-29-24(28)15-7-5-14(6-8-15)11-22-23(27)17-10-9-16(12-21(17)31-22)30-13-18-19(25)3-2-4-20(18)26/h2-12H,13H2,1H3. The van der Waals surface area contributed by atoms with E-state index in [9.17, 15) is 14.0 Å². The molecule has 0 N–H and O–H groups in total. The molecule has 0 aromatic heterocycles. The van der Waals surface area contributed by atoms with Gasteiger partial charge in [0.25, 0.3) is 0 Å². The van der Waals surface area contributed by atoms with Gasteiger partial charge in [-0.15, -0.1) is 0 Å². The first-order valence-corrected chi connectivity index (χ1v) is 9.66. The van der Waals surface area contributed by atoms with Crippen LogP contribution in [-0.4, -0.2) is 18.9 Å². The lowest BCUT2D eigenvalue weighted by Gasteiger charge is -2.09. The molecule has 0 aliphatic carbocycles. The molecule has 0 spiro atoms. The lowest BCUT2D eigenvalue weighted by Crippen LogP contribution is -2.01. The highest BCUT2D eigenvalue weighted by molar-refractivity contribution is 6.31. The molecule has 31 heavy (non-hydrogen) atoms. The maximum atomic E-state index is 13.9. The highest BCUT2D eigenvalue weighted by Crippen LogP contribution is 2.35. The van der Waals surface area contributed by atoms with Gasteiger partial charge in [-0.25, -0.2) is 9.18 Å². The summed E-state index contributed by atoms with van der Waals surface area (Å²) in [6, 6.07) is 15.8. The Morgan fingerprint density at radius 3 is 2.61 bits per heavy atom. The Morgan fingerprint density at radius 2 is 1.90 bits per heavy atom.